The summed E-state index contributed by atoms with van der Waals surface area (Å²) in [4.78, 5) is 14.0. The van der Waals surface area contributed by atoms with Gasteiger partial charge in [-0.3, -0.25) is 4.79 Å². The minimum absolute atomic E-state index is 0.137. The van der Waals surface area contributed by atoms with E-state index in [4.69, 9.17) is 4.74 Å². The Balaban J connectivity index is 1.83. The van der Waals surface area contributed by atoms with Gasteiger partial charge in [-0.2, -0.15) is 0 Å². The summed E-state index contributed by atoms with van der Waals surface area (Å²) in [6, 6.07) is 9.79. The van der Waals surface area contributed by atoms with Crippen LogP contribution < -0.4 is 5.32 Å². The van der Waals surface area contributed by atoms with Gasteiger partial charge in [0.15, 0.2) is 0 Å². The lowest BCUT2D eigenvalue weighted by atomic mass is 9.96. The van der Waals surface area contributed by atoms with Crippen LogP contribution in [0.2, 0.25) is 0 Å². The van der Waals surface area contributed by atoms with E-state index in [1.165, 1.54) is 0 Å². The van der Waals surface area contributed by atoms with E-state index in [2.05, 4.69) is 12.2 Å². The third-order valence-electron chi connectivity index (χ3n) is 3.76. The minimum Gasteiger partial charge on any atom is -0.379 e. The van der Waals surface area contributed by atoms with E-state index in [1.807, 2.05) is 35.2 Å². The monoisotopic (exact) mass is 262 g/mol. The van der Waals surface area contributed by atoms with E-state index in [1.54, 1.807) is 7.11 Å². The number of methoxy groups -OCH3 is 1. The molecule has 1 fully saturated rings. The molecular weight excluding hydrogens is 240 g/mol. The van der Waals surface area contributed by atoms with Crippen LogP contribution >= 0.6 is 0 Å². The molecule has 1 aliphatic heterocycles. The number of ether oxygens (including phenoxy) is 1. The molecule has 2 rings (SSSR count). The molecule has 0 saturated carbocycles. The molecule has 0 aromatic heterocycles. The van der Waals surface area contributed by atoms with Crippen molar-refractivity contribution in [3.05, 3.63) is 30.3 Å². The van der Waals surface area contributed by atoms with Crippen molar-refractivity contribution in [2.24, 2.45) is 5.92 Å². The molecule has 1 aliphatic rings. The van der Waals surface area contributed by atoms with Crippen molar-refractivity contribution in [3.63, 3.8) is 0 Å². The van der Waals surface area contributed by atoms with Crippen LogP contribution in [0.1, 0.15) is 13.3 Å². The van der Waals surface area contributed by atoms with Gasteiger partial charge in [0.05, 0.1) is 12.6 Å². The van der Waals surface area contributed by atoms with Crippen LogP contribution in [-0.4, -0.2) is 43.7 Å². The maximum atomic E-state index is 12.1. The Morgan fingerprint density at radius 1 is 1.42 bits per heavy atom. The van der Waals surface area contributed by atoms with E-state index in [9.17, 15) is 4.79 Å². The first-order valence-electron chi connectivity index (χ1n) is 6.80. The average Bonchev–Trinajstić information content (AvgIpc) is 2.46. The molecule has 0 spiro atoms. The number of piperidine rings is 1. The second-order valence-electron chi connectivity index (χ2n) is 5.10. The van der Waals surface area contributed by atoms with Gasteiger partial charge in [0.1, 0.15) is 0 Å². The molecule has 0 aliphatic carbocycles. The quantitative estimate of drug-likeness (QED) is 0.902. The molecule has 1 aromatic carbocycles. The molecule has 0 radical (unpaired) electrons. The van der Waals surface area contributed by atoms with Crippen LogP contribution in [0, 0.1) is 5.92 Å². The molecule has 1 heterocycles. The molecule has 4 nitrogen and oxygen atoms in total. The summed E-state index contributed by atoms with van der Waals surface area (Å²) in [5, 5.41) is 3.15. The van der Waals surface area contributed by atoms with Gasteiger partial charge in [-0.25, -0.2) is 0 Å². The third kappa shape index (κ3) is 3.70. The van der Waals surface area contributed by atoms with Gasteiger partial charge in [0.25, 0.3) is 0 Å². The molecule has 4 heteroatoms. The van der Waals surface area contributed by atoms with Crippen LogP contribution in [0.5, 0.6) is 0 Å². The molecule has 1 saturated heterocycles. The maximum absolute atomic E-state index is 12.1. The Bertz CT molecular complexity index is 408. The highest BCUT2D eigenvalue weighted by atomic mass is 16.5. The molecule has 1 N–H and O–H groups in total. The Labute approximate surface area is 114 Å². The molecule has 19 heavy (non-hydrogen) atoms. The lowest BCUT2D eigenvalue weighted by Crippen LogP contribution is -2.48. The van der Waals surface area contributed by atoms with Crippen LogP contribution in [0.3, 0.4) is 0 Å². The smallest absolute Gasteiger partial charge is 0.241 e. The molecular formula is C15H22N2O2. The van der Waals surface area contributed by atoms with Crippen molar-refractivity contribution in [2.45, 2.75) is 19.4 Å². The normalized spacial score (nSPS) is 23.2. The Morgan fingerprint density at radius 3 is 2.84 bits per heavy atom. The zero-order valence-corrected chi connectivity index (χ0v) is 11.6. The standard InChI is InChI=1S/C15H22N2O2/c1-12-8-9-17(11-14(12)19-2)15(18)10-16-13-6-4-3-5-7-13/h3-7,12,14,16H,8-11H2,1-2H3. The zero-order valence-electron chi connectivity index (χ0n) is 11.6. The van der Waals surface area contributed by atoms with Crippen LogP contribution in [0.25, 0.3) is 0 Å². The number of rotatable bonds is 4. The largest absolute Gasteiger partial charge is 0.379 e. The van der Waals surface area contributed by atoms with Crippen molar-refractivity contribution in [1.82, 2.24) is 4.90 Å². The molecule has 2 unspecified atom stereocenters. The number of nitrogens with one attached hydrogen (secondary N) is 1. The minimum atomic E-state index is 0.137. The fourth-order valence-corrected chi connectivity index (χ4v) is 2.41. The van der Waals surface area contributed by atoms with Gasteiger partial charge in [0.2, 0.25) is 5.91 Å². The summed E-state index contributed by atoms with van der Waals surface area (Å²) in [5.41, 5.74) is 0.976. The number of likely N-dealkylation sites (tertiary alicyclic amines) is 1. The second kappa shape index (κ2) is 6.57. The van der Waals surface area contributed by atoms with Gasteiger partial charge >= 0.3 is 0 Å². The number of para-hydroxylation sites is 1. The molecule has 1 aromatic rings. The van der Waals surface area contributed by atoms with E-state index >= 15 is 0 Å². The van der Waals surface area contributed by atoms with Crippen molar-refractivity contribution >= 4 is 11.6 Å². The first-order chi connectivity index (χ1) is 9.20. The van der Waals surface area contributed by atoms with Crippen LogP contribution in [0.15, 0.2) is 30.3 Å². The Morgan fingerprint density at radius 2 is 2.16 bits per heavy atom. The van der Waals surface area contributed by atoms with Crippen molar-refractivity contribution in [3.8, 4) is 0 Å². The van der Waals surface area contributed by atoms with Crippen molar-refractivity contribution < 1.29 is 9.53 Å². The lowest BCUT2D eigenvalue weighted by Gasteiger charge is -2.36. The first kappa shape index (κ1) is 13.9. The van der Waals surface area contributed by atoms with E-state index in [0.29, 0.717) is 19.0 Å². The van der Waals surface area contributed by atoms with Crippen molar-refractivity contribution in [1.29, 1.82) is 0 Å². The topological polar surface area (TPSA) is 41.6 Å². The summed E-state index contributed by atoms with van der Waals surface area (Å²) in [5.74, 6) is 0.661. The summed E-state index contributed by atoms with van der Waals surface area (Å²) < 4.78 is 5.43. The number of carbonyl (C=O) groups is 1. The van der Waals surface area contributed by atoms with Gasteiger partial charge in [0, 0.05) is 25.9 Å². The average molecular weight is 262 g/mol. The Kier molecular flexibility index (Phi) is 4.80. The summed E-state index contributed by atoms with van der Waals surface area (Å²) in [6.07, 6.45) is 1.17. The highest BCUT2D eigenvalue weighted by Gasteiger charge is 2.28. The van der Waals surface area contributed by atoms with Gasteiger partial charge in [-0.15, -0.1) is 0 Å². The highest BCUT2D eigenvalue weighted by Crippen LogP contribution is 2.19. The molecule has 104 valence electrons. The number of anilines is 1. The SMILES string of the molecule is COC1CN(C(=O)CNc2ccccc2)CCC1C. The number of nitrogens with zero attached hydrogens (tertiary/aromatic N) is 1. The molecule has 0 bridgehead atoms. The maximum Gasteiger partial charge on any atom is 0.241 e. The lowest BCUT2D eigenvalue weighted by molar-refractivity contribution is -0.134. The van der Waals surface area contributed by atoms with Crippen molar-refractivity contribution in [2.75, 3.05) is 32.1 Å². The molecule has 1 amide bonds. The zero-order chi connectivity index (χ0) is 13.7. The number of carbonyl (C=O) groups excluding carboxylic acids is 1. The Hall–Kier alpha value is -1.55. The van der Waals surface area contributed by atoms with E-state index in [0.717, 1.165) is 18.7 Å². The van der Waals surface area contributed by atoms with Crippen LogP contribution in [0.4, 0.5) is 5.69 Å². The number of amides is 1. The predicted molar refractivity (Wildman–Crippen MR) is 76.1 cm³/mol. The van der Waals surface area contributed by atoms with E-state index in [-0.39, 0.29) is 12.0 Å². The summed E-state index contributed by atoms with van der Waals surface area (Å²) >= 11 is 0. The fourth-order valence-electron chi connectivity index (χ4n) is 2.41. The van der Waals surface area contributed by atoms with Gasteiger partial charge in [-0.1, -0.05) is 25.1 Å². The number of benzene rings is 1. The molecule has 2 atom stereocenters. The number of hydrogen-bond donors (Lipinski definition) is 1. The first-order valence-corrected chi connectivity index (χ1v) is 6.80. The third-order valence-corrected chi connectivity index (χ3v) is 3.76. The van der Waals surface area contributed by atoms with Crippen LogP contribution in [-0.2, 0) is 9.53 Å². The van der Waals surface area contributed by atoms with Gasteiger partial charge < -0.3 is 15.0 Å². The second-order valence-corrected chi connectivity index (χ2v) is 5.10. The fraction of sp³-hybridized carbons (Fsp3) is 0.533. The summed E-state index contributed by atoms with van der Waals surface area (Å²) in [7, 11) is 1.72. The number of hydrogen-bond acceptors (Lipinski definition) is 3. The van der Waals surface area contributed by atoms with Gasteiger partial charge in [-0.05, 0) is 24.5 Å². The summed E-state index contributed by atoms with van der Waals surface area (Å²) in [6.45, 7) is 4.05. The highest BCUT2D eigenvalue weighted by molar-refractivity contribution is 5.81. The predicted octanol–water partition coefficient (Wildman–Crippen LogP) is 1.98. The van der Waals surface area contributed by atoms with E-state index < -0.39 is 0 Å².